The summed E-state index contributed by atoms with van der Waals surface area (Å²) >= 11 is 0. The van der Waals surface area contributed by atoms with Crippen LogP contribution in [0.3, 0.4) is 0 Å². The van der Waals surface area contributed by atoms with E-state index in [9.17, 15) is 10.2 Å². The second-order valence-corrected chi connectivity index (χ2v) is 10.7. The first kappa shape index (κ1) is 31.3. The SMILES string of the molecule is Cc1ccc(-c2ccc(C)cc2N=C(c2ccccc2)c2ccccc2O)c(N=C(c2ccccc2)c2ccccc2O)c1.[Zn]. The first-order valence-corrected chi connectivity index (χ1v) is 14.5. The largest absolute Gasteiger partial charge is 0.507 e. The van der Waals surface area contributed by atoms with E-state index >= 15 is 0 Å². The summed E-state index contributed by atoms with van der Waals surface area (Å²) in [5, 5.41) is 21.7. The van der Waals surface area contributed by atoms with Crippen LogP contribution < -0.4 is 0 Å². The zero-order chi connectivity index (χ0) is 30.5. The van der Waals surface area contributed by atoms with Gasteiger partial charge in [0.15, 0.2) is 0 Å². The summed E-state index contributed by atoms with van der Waals surface area (Å²) in [6.07, 6.45) is 0. The van der Waals surface area contributed by atoms with Crippen LogP contribution in [0, 0.1) is 13.8 Å². The van der Waals surface area contributed by atoms with Crippen molar-refractivity contribution < 1.29 is 29.7 Å². The van der Waals surface area contributed by atoms with E-state index in [1.54, 1.807) is 12.1 Å². The number of benzene rings is 6. The Morgan fingerprint density at radius 2 is 0.800 bits per heavy atom. The Bertz CT molecular complexity index is 1850. The van der Waals surface area contributed by atoms with Crippen LogP contribution in [0.25, 0.3) is 11.1 Å². The summed E-state index contributed by atoms with van der Waals surface area (Å²) < 4.78 is 0. The van der Waals surface area contributed by atoms with Crippen molar-refractivity contribution in [2.45, 2.75) is 13.8 Å². The second kappa shape index (κ2) is 14.1. The van der Waals surface area contributed by atoms with Crippen LogP contribution in [-0.4, -0.2) is 21.6 Å². The van der Waals surface area contributed by atoms with Gasteiger partial charge in [0.05, 0.1) is 22.8 Å². The Morgan fingerprint density at radius 3 is 1.18 bits per heavy atom. The van der Waals surface area contributed by atoms with Crippen LogP contribution in [0.4, 0.5) is 11.4 Å². The molecule has 0 unspecified atom stereocenters. The molecule has 6 rings (SSSR count). The van der Waals surface area contributed by atoms with Gasteiger partial charge in [-0.25, -0.2) is 9.98 Å². The molecule has 5 heteroatoms. The van der Waals surface area contributed by atoms with Gasteiger partial charge >= 0.3 is 0 Å². The van der Waals surface area contributed by atoms with E-state index in [0.29, 0.717) is 22.6 Å². The minimum Gasteiger partial charge on any atom is -0.507 e. The minimum absolute atomic E-state index is 0. The molecule has 45 heavy (non-hydrogen) atoms. The molecule has 0 aliphatic rings. The van der Waals surface area contributed by atoms with Crippen LogP contribution in [0.1, 0.15) is 33.4 Å². The zero-order valence-corrected chi connectivity index (χ0v) is 28.3. The van der Waals surface area contributed by atoms with Gasteiger partial charge in [0, 0.05) is 52.9 Å². The number of rotatable bonds is 7. The predicted octanol–water partition coefficient (Wildman–Crippen LogP) is 9.72. The average molecular weight is 638 g/mol. The maximum atomic E-state index is 10.9. The van der Waals surface area contributed by atoms with Gasteiger partial charge in [0.1, 0.15) is 11.5 Å². The molecule has 0 atom stereocenters. The molecule has 2 N–H and O–H groups in total. The molecule has 216 valence electrons. The summed E-state index contributed by atoms with van der Waals surface area (Å²) in [6, 6.07) is 46.8. The van der Waals surface area contributed by atoms with Gasteiger partial charge < -0.3 is 10.2 Å². The molecule has 0 bridgehead atoms. The van der Waals surface area contributed by atoms with E-state index in [1.807, 2.05) is 111 Å². The van der Waals surface area contributed by atoms with Crippen LogP contribution in [0.5, 0.6) is 11.5 Å². The maximum absolute atomic E-state index is 10.9. The van der Waals surface area contributed by atoms with E-state index in [0.717, 1.165) is 44.8 Å². The third-order valence-electron chi connectivity index (χ3n) is 7.47. The van der Waals surface area contributed by atoms with Gasteiger partial charge in [-0.05, 0) is 61.4 Å². The molecule has 0 aliphatic heterocycles. The molecule has 0 amide bonds. The summed E-state index contributed by atoms with van der Waals surface area (Å²) in [6.45, 7) is 4.09. The number of hydrogen-bond donors (Lipinski definition) is 2. The fraction of sp³-hybridized carbons (Fsp3) is 0.0500. The van der Waals surface area contributed by atoms with Crippen molar-refractivity contribution >= 4 is 22.8 Å². The van der Waals surface area contributed by atoms with E-state index in [4.69, 9.17) is 9.98 Å². The Kier molecular flexibility index (Phi) is 9.82. The molecule has 0 fully saturated rings. The number of phenols is 2. The number of hydrogen-bond acceptors (Lipinski definition) is 4. The number of phenolic OH excluding ortho intramolecular Hbond substituents is 2. The average Bonchev–Trinajstić information content (AvgIpc) is 3.05. The Balaban J connectivity index is 0.00000400. The van der Waals surface area contributed by atoms with Crippen molar-refractivity contribution in [3.63, 3.8) is 0 Å². The van der Waals surface area contributed by atoms with E-state index in [2.05, 4.69) is 36.4 Å². The van der Waals surface area contributed by atoms with Crippen LogP contribution in [0.15, 0.2) is 156 Å². The van der Waals surface area contributed by atoms with Crippen molar-refractivity contribution in [3.8, 4) is 22.6 Å². The number of aromatic hydroxyl groups is 2. The van der Waals surface area contributed by atoms with E-state index < -0.39 is 0 Å². The Hall–Kier alpha value is -5.12. The topological polar surface area (TPSA) is 65.2 Å². The van der Waals surface area contributed by atoms with Crippen molar-refractivity contribution in [1.29, 1.82) is 0 Å². The molecule has 0 radical (unpaired) electrons. The van der Waals surface area contributed by atoms with Crippen molar-refractivity contribution in [2.24, 2.45) is 9.98 Å². The summed E-state index contributed by atoms with van der Waals surface area (Å²) in [5.74, 6) is 0.334. The third kappa shape index (κ3) is 7.01. The standard InChI is InChI=1S/C40H32N2O2.Zn/c1-27-21-23-31(35(25-27)41-39(29-13-5-3-6-14-29)33-17-9-11-19-37(33)43)32-24-22-28(2)26-36(32)42-40(30-15-7-4-8-16-30)34-18-10-12-20-38(34)44;/h3-26,43-44H,1-2H3;. The molecule has 6 aromatic rings. The smallest absolute Gasteiger partial charge is 0.124 e. The van der Waals surface area contributed by atoms with Crippen LogP contribution in [0.2, 0.25) is 0 Å². The molecule has 4 nitrogen and oxygen atoms in total. The van der Waals surface area contributed by atoms with Crippen LogP contribution in [-0.2, 0) is 19.5 Å². The minimum atomic E-state index is 0. The molecular weight excluding hydrogens is 606 g/mol. The summed E-state index contributed by atoms with van der Waals surface area (Å²) in [4.78, 5) is 10.5. The van der Waals surface area contributed by atoms with Crippen molar-refractivity contribution in [1.82, 2.24) is 0 Å². The molecule has 0 saturated carbocycles. The first-order valence-electron chi connectivity index (χ1n) is 14.5. The monoisotopic (exact) mass is 636 g/mol. The van der Waals surface area contributed by atoms with E-state index in [1.165, 1.54) is 0 Å². The maximum Gasteiger partial charge on any atom is 0.124 e. The Labute approximate surface area is 276 Å². The molecule has 0 aromatic heterocycles. The first-order chi connectivity index (χ1) is 21.5. The third-order valence-corrected chi connectivity index (χ3v) is 7.47. The zero-order valence-electron chi connectivity index (χ0n) is 25.4. The number of nitrogens with zero attached hydrogens (tertiary/aromatic N) is 2. The van der Waals surface area contributed by atoms with Gasteiger partial charge in [0.25, 0.3) is 0 Å². The number of aryl methyl sites for hydroxylation is 2. The number of para-hydroxylation sites is 2. The predicted molar refractivity (Wildman–Crippen MR) is 181 cm³/mol. The fourth-order valence-corrected chi connectivity index (χ4v) is 5.27. The second-order valence-electron chi connectivity index (χ2n) is 10.7. The van der Waals surface area contributed by atoms with Crippen LogP contribution >= 0.6 is 0 Å². The van der Waals surface area contributed by atoms with Gasteiger partial charge in [-0.3, -0.25) is 0 Å². The summed E-state index contributed by atoms with van der Waals surface area (Å²) in [7, 11) is 0. The molecule has 6 aromatic carbocycles. The van der Waals surface area contributed by atoms with E-state index in [-0.39, 0.29) is 31.0 Å². The number of aliphatic imine (C=N–C) groups is 2. The molecule has 0 aliphatic carbocycles. The quantitative estimate of drug-likeness (QED) is 0.135. The van der Waals surface area contributed by atoms with Gasteiger partial charge in [-0.2, -0.15) is 0 Å². The molecule has 0 saturated heterocycles. The summed E-state index contributed by atoms with van der Waals surface area (Å²) in [5.41, 5.74) is 9.90. The Morgan fingerprint density at radius 1 is 0.444 bits per heavy atom. The fourth-order valence-electron chi connectivity index (χ4n) is 5.27. The van der Waals surface area contributed by atoms with Gasteiger partial charge in [-0.1, -0.05) is 109 Å². The van der Waals surface area contributed by atoms with Crippen molar-refractivity contribution in [3.05, 3.63) is 179 Å². The normalized spacial score (nSPS) is 11.6. The molecule has 0 spiro atoms. The molecule has 0 heterocycles. The molecular formula is C40H32N2O2Zn. The van der Waals surface area contributed by atoms with Gasteiger partial charge in [0.2, 0.25) is 0 Å². The van der Waals surface area contributed by atoms with Crippen molar-refractivity contribution in [2.75, 3.05) is 0 Å². The van der Waals surface area contributed by atoms with Gasteiger partial charge in [-0.15, -0.1) is 0 Å².